The highest BCUT2D eigenvalue weighted by atomic mass is 35.5. The molecule has 0 fully saturated rings. The lowest BCUT2D eigenvalue weighted by Gasteiger charge is -2.07. The molecule has 0 aliphatic rings. The highest BCUT2D eigenvalue weighted by Crippen LogP contribution is 2.32. The molecule has 0 saturated carbocycles. The summed E-state index contributed by atoms with van der Waals surface area (Å²) >= 11 is 15.1. The molecule has 0 radical (unpaired) electrons. The normalized spacial score (nSPS) is 11.2. The fraction of sp³-hybridized carbons (Fsp3) is 0.120. The molecule has 0 unspecified atom stereocenters. The summed E-state index contributed by atoms with van der Waals surface area (Å²) in [7, 11) is 1.85. The van der Waals surface area contributed by atoms with Crippen molar-refractivity contribution >= 4 is 68.1 Å². The molecule has 176 valence electrons. The standard InChI is InChI=1S/C25H19Cl2N5OS2/c1-14-3-10-20-21(11-14)35-24(29-20)15-4-7-17(8-5-15)28-22(33)13-34-25-31-30-23(32(25)2)16-6-9-18(26)19(27)12-16/h3-12H,13H2,1-2H3,(H,28,33). The quantitative estimate of drug-likeness (QED) is 0.233. The van der Waals surface area contributed by atoms with Crippen LogP contribution in [0.15, 0.2) is 65.8 Å². The zero-order valence-corrected chi connectivity index (χ0v) is 21.9. The van der Waals surface area contributed by atoms with E-state index in [1.54, 1.807) is 23.5 Å². The predicted octanol–water partition coefficient (Wildman–Crippen LogP) is 7.10. The van der Waals surface area contributed by atoms with Crippen molar-refractivity contribution < 1.29 is 4.79 Å². The van der Waals surface area contributed by atoms with Gasteiger partial charge in [0.1, 0.15) is 5.01 Å². The first-order valence-corrected chi connectivity index (χ1v) is 13.2. The number of nitrogens with one attached hydrogen (secondary N) is 1. The molecule has 5 rings (SSSR count). The Balaban J connectivity index is 1.21. The topological polar surface area (TPSA) is 72.7 Å². The first kappa shape index (κ1) is 23.8. The van der Waals surface area contributed by atoms with Crippen molar-refractivity contribution in [2.75, 3.05) is 11.1 Å². The molecule has 0 bridgehead atoms. The number of hydrogen-bond acceptors (Lipinski definition) is 6. The van der Waals surface area contributed by atoms with Crippen LogP contribution in [0.1, 0.15) is 5.56 Å². The molecule has 2 aromatic heterocycles. The molecule has 5 aromatic rings. The van der Waals surface area contributed by atoms with Crippen molar-refractivity contribution in [1.82, 2.24) is 19.7 Å². The largest absolute Gasteiger partial charge is 0.325 e. The summed E-state index contributed by atoms with van der Waals surface area (Å²) in [5.74, 6) is 0.719. The number of fused-ring (bicyclic) bond motifs is 1. The Hall–Kier alpha value is -2.91. The number of nitrogens with zero attached hydrogens (tertiary/aromatic N) is 4. The highest BCUT2D eigenvalue weighted by Gasteiger charge is 2.14. The summed E-state index contributed by atoms with van der Waals surface area (Å²) in [5, 5.41) is 13.9. The van der Waals surface area contributed by atoms with E-state index in [4.69, 9.17) is 28.2 Å². The maximum atomic E-state index is 12.5. The molecule has 10 heteroatoms. The van der Waals surface area contributed by atoms with Crippen molar-refractivity contribution in [3.05, 3.63) is 76.3 Å². The lowest BCUT2D eigenvalue weighted by molar-refractivity contribution is -0.113. The van der Waals surface area contributed by atoms with Crippen LogP contribution in [0.2, 0.25) is 10.0 Å². The number of carbonyl (C=O) groups is 1. The molecule has 3 aromatic carbocycles. The number of amides is 1. The molecule has 6 nitrogen and oxygen atoms in total. The number of halogens is 2. The molecule has 0 spiro atoms. The van der Waals surface area contributed by atoms with Crippen LogP contribution in [0.5, 0.6) is 0 Å². The van der Waals surface area contributed by atoms with E-state index in [2.05, 4.69) is 34.6 Å². The van der Waals surface area contributed by atoms with Crippen molar-refractivity contribution in [2.45, 2.75) is 12.1 Å². The average molecular weight is 541 g/mol. The first-order valence-electron chi connectivity index (χ1n) is 10.6. The van der Waals surface area contributed by atoms with E-state index in [0.29, 0.717) is 21.0 Å². The van der Waals surface area contributed by atoms with Gasteiger partial charge in [0.15, 0.2) is 11.0 Å². The van der Waals surface area contributed by atoms with Crippen LogP contribution in [-0.2, 0) is 11.8 Å². The fourth-order valence-electron chi connectivity index (χ4n) is 3.51. The highest BCUT2D eigenvalue weighted by molar-refractivity contribution is 7.99. The zero-order chi connectivity index (χ0) is 24.5. The van der Waals surface area contributed by atoms with Crippen LogP contribution in [0, 0.1) is 6.92 Å². The second kappa shape index (κ2) is 9.99. The minimum absolute atomic E-state index is 0.128. The Morgan fingerprint density at radius 2 is 1.77 bits per heavy atom. The van der Waals surface area contributed by atoms with Crippen LogP contribution >= 0.6 is 46.3 Å². The average Bonchev–Trinajstić information content (AvgIpc) is 3.43. The molecule has 35 heavy (non-hydrogen) atoms. The summed E-state index contributed by atoms with van der Waals surface area (Å²) in [4.78, 5) is 17.2. The van der Waals surface area contributed by atoms with Crippen molar-refractivity contribution in [3.63, 3.8) is 0 Å². The van der Waals surface area contributed by atoms with Crippen molar-refractivity contribution in [3.8, 4) is 22.0 Å². The summed E-state index contributed by atoms with van der Waals surface area (Å²) in [5.41, 5.74) is 4.76. The summed E-state index contributed by atoms with van der Waals surface area (Å²) in [6, 6.07) is 19.3. The van der Waals surface area contributed by atoms with Gasteiger partial charge in [-0.15, -0.1) is 21.5 Å². The third kappa shape index (κ3) is 5.21. The van der Waals surface area contributed by atoms with Gasteiger partial charge in [0, 0.05) is 23.9 Å². The van der Waals surface area contributed by atoms with Gasteiger partial charge in [-0.3, -0.25) is 4.79 Å². The molecule has 0 atom stereocenters. The fourth-order valence-corrected chi connectivity index (χ4v) is 5.58. The molecule has 0 saturated heterocycles. The van der Waals surface area contributed by atoms with Gasteiger partial charge in [0.2, 0.25) is 5.91 Å². The molecule has 2 heterocycles. The van der Waals surface area contributed by atoms with E-state index in [0.717, 1.165) is 27.3 Å². The van der Waals surface area contributed by atoms with Gasteiger partial charge >= 0.3 is 0 Å². The van der Waals surface area contributed by atoms with Gasteiger partial charge in [0.25, 0.3) is 0 Å². The van der Waals surface area contributed by atoms with Gasteiger partial charge in [-0.25, -0.2) is 4.98 Å². The molecule has 0 aliphatic heterocycles. The predicted molar refractivity (Wildman–Crippen MR) is 146 cm³/mol. The zero-order valence-electron chi connectivity index (χ0n) is 18.8. The van der Waals surface area contributed by atoms with Gasteiger partial charge in [-0.2, -0.15) is 0 Å². The lowest BCUT2D eigenvalue weighted by Crippen LogP contribution is -2.14. The molecule has 0 aliphatic carbocycles. The second-order valence-corrected chi connectivity index (χ2v) is 10.7. The number of aromatic nitrogens is 4. The smallest absolute Gasteiger partial charge is 0.234 e. The maximum Gasteiger partial charge on any atom is 0.234 e. The van der Waals surface area contributed by atoms with Gasteiger partial charge in [-0.1, -0.05) is 41.0 Å². The molecular formula is C25H19Cl2N5OS2. The van der Waals surface area contributed by atoms with Gasteiger partial charge in [0.05, 0.1) is 26.0 Å². The van der Waals surface area contributed by atoms with Crippen molar-refractivity contribution in [2.24, 2.45) is 7.05 Å². The Labute approximate surface area is 220 Å². The summed E-state index contributed by atoms with van der Waals surface area (Å²) < 4.78 is 2.99. The van der Waals surface area contributed by atoms with Gasteiger partial charge in [-0.05, 0) is 67.1 Å². The van der Waals surface area contributed by atoms with Crippen LogP contribution in [0.3, 0.4) is 0 Å². The SMILES string of the molecule is Cc1ccc2nc(-c3ccc(NC(=O)CSc4nnc(-c5ccc(Cl)c(Cl)c5)n4C)cc3)sc2c1. The minimum Gasteiger partial charge on any atom is -0.325 e. The number of benzene rings is 3. The minimum atomic E-state index is -0.128. The number of thioether (sulfide) groups is 1. The van der Waals surface area contributed by atoms with Crippen LogP contribution in [0.25, 0.3) is 32.2 Å². The third-order valence-corrected chi connectivity index (χ3v) is 8.13. The van der Waals surface area contributed by atoms with E-state index in [1.807, 2.05) is 48.0 Å². The van der Waals surface area contributed by atoms with Gasteiger partial charge < -0.3 is 9.88 Å². The Morgan fingerprint density at radius 3 is 2.54 bits per heavy atom. The maximum absolute atomic E-state index is 12.5. The number of anilines is 1. The van der Waals surface area contributed by atoms with Crippen LogP contribution in [-0.4, -0.2) is 31.4 Å². The third-order valence-electron chi connectivity index (χ3n) is 5.30. The Bertz CT molecular complexity index is 1550. The first-order chi connectivity index (χ1) is 16.9. The molecular weight excluding hydrogens is 521 g/mol. The van der Waals surface area contributed by atoms with Crippen molar-refractivity contribution in [1.29, 1.82) is 0 Å². The monoisotopic (exact) mass is 539 g/mol. The van der Waals surface area contributed by atoms with Crippen LogP contribution < -0.4 is 5.32 Å². The van der Waals surface area contributed by atoms with Crippen LogP contribution in [0.4, 0.5) is 5.69 Å². The summed E-state index contributed by atoms with van der Waals surface area (Å²) in [6.45, 7) is 2.08. The lowest BCUT2D eigenvalue weighted by atomic mass is 10.2. The number of aryl methyl sites for hydroxylation is 1. The molecule has 1 amide bonds. The summed E-state index contributed by atoms with van der Waals surface area (Å²) in [6.07, 6.45) is 0. The van der Waals surface area contributed by atoms with E-state index in [-0.39, 0.29) is 11.7 Å². The molecule has 1 N–H and O–H groups in total. The van der Waals surface area contributed by atoms with E-state index < -0.39 is 0 Å². The Morgan fingerprint density at radius 1 is 1.00 bits per heavy atom. The number of hydrogen-bond donors (Lipinski definition) is 1. The second-order valence-electron chi connectivity index (χ2n) is 7.90. The van der Waals surface area contributed by atoms with E-state index in [9.17, 15) is 4.79 Å². The number of rotatable bonds is 6. The number of thiazole rings is 1. The number of carbonyl (C=O) groups excluding carboxylic acids is 1. The van der Waals surface area contributed by atoms with E-state index in [1.165, 1.54) is 22.0 Å². The van der Waals surface area contributed by atoms with E-state index >= 15 is 0 Å². The Kier molecular flexibility index (Phi) is 6.80.